The van der Waals surface area contributed by atoms with Crippen molar-refractivity contribution < 1.29 is 14.3 Å². The molecule has 0 radical (unpaired) electrons. The first-order valence-electron chi connectivity index (χ1n) is 7.65. The minimum Gasteiger partial charge on any atom is -0.461 e. The fraction of sp³-hybridized carbons (Fsp3) is 0.412. The van der Waals surface area contributed by atoms with E-state index in [1.807, 2.05) is 30.3 Å². The molecule has 1 saturated carbocycles. The smallest absolute Gasteiger partial charge is 0.356 e. The van der Waals surface area contributed by atoms with Gasteiger partial charge in [-0.2, -0.15) is 0 Å². The zero-order valence-corrected chi connectivity index (χ0v) is 12.7. The lowest BCUT2D eigenvalue weighted by Crippen LogP contribution is -2.07. The number of ether oxygens (including phenoxy) is 2. The normalized spacial score (nSPS) is 14.0. The summed E-state index contributed by atoms with van der Waals surface area (Å²) < 4.78 is 10.8. The van der Waals surface area contributed by atoms with Gasteiger partial charge in [-0.25, -0.2) is 9.78 Å². The standard InChI is InChI=1S/C17H20N2O3/c1-2-22-17(20)16-15(13-8-9-13)18-14(19-16)11-21-10-12-6-4-3-5-7-12/h3-7,13H,2,8-11H2,1H3,(H,18,19). The Morgan fingerprint density at radius 1 is 1.27 bits per heavy atom. The number of H-pyrrole nitrogens is 1. The molecule has 0 amide bonds. The van der Waals surface area contributed by atoms with Crippen molar-refractivity contribution in [2.45, 2.75) is 38.9 Å². The first kappa shape index (κ1) is 14.8. The predicted molar refractivity (Wildman–Crippen MR) is 81.5 cm³/mol. The molecule has 5 heteroatoms. The van der Waals surface area contributed by atoms with Gasteiger partial charge in [-0.1, -0.05) is 30.3 Å². The molecule has 0 spiro atoms. The van der Waals surface area contributed by atoms with Crippen LogP contribution in [0.3, 0.4) is 0 Å². The largest absolute Gasteiger partial charge is 0.461 e. The molecule has 0 unspecified atom stereocenters. The molecule has 0 saturated heterocycles. The molecule has 2 aromatic rings. The van der Waals surface area contributed by atoms with Crippen molar-refractivity contribution in [2.24, 2.45) is 0 Å². The number of hydrogen-bond acceptors (Lipinski definition) is 4. The molecule has 0 aliphatic heterocycles. The second-order valence-electron chi connectivity index (χ2n) is 5.42. The molecule has 5 nitrogen and oxygen atoms in total. The average Bonchev–Trinajstić information content (AvgIpc) is 3.29. The Kier molecular flexibility index (Phi) is 4.53. The van der Waals surface area contributed by atoms with Gasteiger partial charge < -0.3 is 14.5 Å². The quantitative estimate of drug-likeness (QED) is 0.798. The van der Waals surface area contributed by atoms with Crippen molar-refractivity contribution >= 4 is 5.97 Å². The van der Waals surface area contributed by atoms with E-state index in [0.717, 1.165) is 24.1 Å². The number of carbonyl (C=O) groups excluding carboxylic acids is 1. The molecule has 22 heavy (non-hydrogen) atoms. The molecule has 1 aliphatic carbocycles. The lowest BCUT2D eigenvalue weighted by Gasteiger charge is -2.02. The monoisotopic (exact) mass is 300 g/mol. The van der Waals surface area contributed by atoms with Crippen LogP contribution in [0.1, 0.15) is 53.3 Å². The molecule has 0 atom stereocenters. The maximum Gasteiger partial charge on any atom is 0.356 e. The number of hydrogen-bond donors (Lipinski definition) is 1. The molecule has 116 valence electrons. The van der Waals surface area contributed by atoms with E-state index in [2.05, 4.69) is 9.97 Å². The van der Waals surface area contributed by atoms with Crippen LogP contribution >= 0.6 is 0 Å². The minimum absolute atomic E-state index is 0.328. The van der Waals surface area contributed by atoms with Crippen molar-refractivity contribution in [2.75, 3.05) is 6.61 Å². The Balaban J connectivity index is 1.64. The van der Waals surface area contributed by atoms with Gasteiger partial charge in [0.1, 0.15) is 18.1 Å². The van der Waals surface area contributed by atoms with Gasteiger partial charge in [0.05, 0.1) is 18.9 Å². The Labute approximate surface area is 129 Å². The van der Waals surface area contributed by atoms with Crippen molar-refractivity contribution in [1.82, 2.24) is 9.97 Å². The molecule has 1 aromatic carbocycles. The highest BCUT2D eigenvalue weighted by atomic mass is 16.5. The van der Waals surface area contributed by atoms with E-state index in [9.17, 15) is 4.79 Å². The van der Waals surface area contributed by atoms with Gasteiger partial charge in [-0.05, 0) is 25.3 Å². The van der Waals surface area contributed by atoms with E-state index in [4.69, 9.17) is 9.47 Å². The zero-order chi connectivity index (χ0) is 15.4. The summed E-state index contributed by atoms with van der Waals surface area (Å²) in [6.07, 6.45) is 2.17. The third-order valence-corrected chi connectivity index (χ3v) is 3.57. The molecular formula is C17H20N2O3. The lowest BCUT2D eigenvalue weighted by molar-refractivity contribution is 0.0517. The maximum absolute atomic E-state index is 12.0. The van der Waals surface area contributed by atoms with Gasteiger partial charge in [0.15, 0.2) is 0 Å². The summed E-state index contributed by atoms with van der Waals surface area (Å²) in [6.45, 7) is 3.04. The third kappa shape index (κ3) is 3.54. The highest BCUT2D eigenvalue weighted by Crippen LogP contribution is 2.40. The fourth-order valence-corrected chi connectivity index (χ4v) is 2.36. The zero-order valence-electron chi connectivity index (χ0n) is 12.7. The molecular weight excluding hydrogens is 280 g/mol. The van der Waals surface area contributed by atoms with Crippen LogP contribution in [0.4, 0.5) is 0 Å². The van der Waals surface area contributed by atoms with Crippen LogP contribution in [0.25, 0.3) is 0 Å². The van der Waals surface area contributed by atoms with E-state index in [1.165, 1.54) is 0 Å². The van der Waals surface area contributed by atoms with E-state index in [0.29, 0.717) is 37.3 Å². The first-order chi connectivity index (χ1) is 10.8. The maximum atomic E-state index is 12.0. The first-order valence-corrected chi connectivity index (χ1v) is 7.65. The molecule has 1 aromatic heterocycles. The summed E-state index contributed by atoms with van der Waals surface area (Å²) in [4.78, 5) is 19.6. The number of esters is 1. The second kappa shape index (κ2) is 6.75. The van der Waals surface area contributed by atoms with Crippen LogP contribution in [0, 0.1) is 0 Å². The Morgan fingerprint density at radius 2 is 2.05 bits per heavy atom. The van der Waals surface area contributed by atoms with Crippen molar-refractivity contribution in [3.05, 3.63) is 53.1 Å². The van der Waals surface area contributed by atoms with Crippen LogP contribution in [-0.4, -0.2) is 22.5 Å². The molecule has 0 bridgehead atoms. The number of nitrogens with one attached hydrogen (secondary N) is 1. The van der Waals surface area contributed by atoms with Crippen LogP contribution < -0.4 is 0 Å². The predicted octanol–water partition coefficient (Wildman–Crippen LogP) is 3.18. The highest BCUT2D eigenvalue weighted by molar-refractivity contribution is 5.89. The summed E-state index contributed by atoms with van der Waals surface area (Å²) in [5.41, 5.74) is 2.43. The second-order valence-corrected chi connectivity index (χ2v) is 5.42. The van der Waals surface area contributed by atoms with E-state index >= 15 is 0 Å². The Morgan fingerprint density at radius 3 is 2.73 bits per heavy atom. The molecule has 1 heterocycles. The van der Waals surface area contributed by atoms with Gasteiger partial charge in [0, 0.05) is 5.92 Å². The average molecular weight is 300 g/mol. The van der Waals surface area contributed by atoms with E-state index in [-0.39, 0.29) is 5.97 Å². The third-order valence-electron chi connectivity index (χ3n) is 3.57. The van der Waals surface area contributed by atoms with Crippen molar-refractivity contribution in [3.63, 3.8) is 0 Å². The topological polar surface area (TPSA) is 64.2 Å². The summed E-state index contributed by atoms with van der Waals surface area (Å²) in [5.74, 6) is 0.741. The molecule has 1 aliphatic rings. The Hall–Kier alpha value is -2.14. The number of rotatable bonds is 7. The minimum atomic E-state index is -0.328. The summed E-state index contributed by atoms with van der Waals surface area (Å²) in [7, 11) is 0. The molecule has 1 N–H and O–H groups in total. The number of nitrogens with zero attached hydrogens (tertiary/aromatic N) is 1. The number of benzene rings is 1. The van der Waals surface area contributed by atoms with Gasteiger partial charge in [-0.3, -0.25) is 0 Å². The Bertz CT molecular complexity index is 633. The fourth-order valence-electron chi connectivity index (χ4n) is 2.36. The molecule has 3 rings (SSSR count). The van der Waals surface area contributed by atoms with Gasteiger partial charge in [-0.15, -0.1) is 0 Å². The number of imidazole rings is 1. The van der Waals surface area contributed by atoms with Gasteiger partial charge in [0.25, 0.3) is 0 Å². The highest BCUT2D eigenvalue weighted by Gasteiger charge is 2.32. The SMILES string of the molecule is CCOC(=O)c1[nH]c(COCc2ccccc2)nc1C1CC1. The number of aromatic nitrogens is 2. The van der Waals surface area contributed by atoms with Gasteiger partial charge >= 0.3 is 5.97 Å². The van der Waals surface area contributed by atoms with E-state index < -0.39 is 0 Å². The summed E-state index contributed by atoms with van der Waals surface area (Å²) in [5, 5.41) is 0. The van der Waals surface area contributed by atoms with Crippen molar-refractivity contribution in [3.8, 4) is 0 Å². The van der Waals surface area contributed by atoms with E-state index in [1.54, 1.807) is 6.92 Å². The molecule has 1 fully saturated rings. The summed E-state index contributed by atoms with van der Waals surface area (Å²) >= 11 is 0. The van der Waals surface area contributed by atoms with Crippen LogP contribution in [0.5, 0.6) is 0 Å². The van der Waals surface area contributed by atoms with Crippen LogP contribution in [0.15, 0.2) is 30.3 Å². The van der Waals surface area contributed by atoms with Crippen molar-refractivity contribution in [1.29, 1.82) is 0 Å². The summed E-state index contributed by atoms with van der Waals surface area (Å²) in [6, 6.07) is 9.97. The van der Waals surface area contributed by atoms with Crippen LogP contribution in [-0.2, 0) is 22.7 Å². The van der Waals surface area contributed by atoms with Crippen LogP contribution in [0.2, 0.25) is 0 Å². The lowest BCUT2D eigenvalue weighted by atomic mass is 10.2. The van der Waals surface area contributed by atoms with Gasteiger partial charge in [0.2, 0.25) is 0 Å². The number of carbonyl (C=O) groups is 1. The number of aromatic amines is 1.